The molecular formula is C18H24F2N6O2. The Kier molecular flexibility index (Phi) is 5.13. The lowest BCUT2D eigenvalue weighted by Crippen LogP contribution is -2.44. The average Bonchev–Trinajstić information content (AvgIpc) is 3.25. The van der Waals surface area contributed by atoms with Gasteiger partial charge in [0.15, 0.2) is 22.8 Å². The molecular weight excluding hydrogens is 370 g/mol. The third kappa shape index (κ3) is 3.30. The van der Waals surface area contributed by atoms with Gasteiger partial charge in [-0.3, -0.25) is 4.79 Å². The van der Waals surface area contributed by atoms with Gasteiger partial charge in [-0.05, 0) is 26.2 Å². The quantitative estimate of drug-likeness (QED) is 0.809. The normalized spacial score (nSPS) is 24.8. The highest BCUT2D eigenvalue weighted by Crippen LogP contribution is 2.33. The Morgan fingerprint density at radius 1 is 1.39 bits per heavy atom. The number of methoxy groups -OCH3 is 1. The number of carbonyl (C=O) groups excluding carboxylic acids is 1. The summed E-state index contributed by atoms with van der Waals surface area (Å²) < 4.78 is 33.2. The number of hydrogen-bond donors (Lipinski definition) is 1. The van der Waals surface area contributed by atoms with Gasteiger partial charge in [0.05, 0.1) is 6.10 Å². The van der Waals surface area contributed by atoms with Crippen molar-refractivity contribution in [2.45, 2.75) is 51.3 Å². The summed E-state index contributed by atoms with van der Waals surface area (Å²) in [6.45, 7) is 3.36. The largest absolute Gasteiger partial charge is 0.381 e. The van der Waals surface area contributed by atoms with Crippen molar-refractivity contribution < 1.29 is 18.3 Å². The predicted octanol–water partition coefficient (Wildman–Crippen LogP) is 2.22. The fourth-order valence-corrected chi connectivity index (χ4v) is 4.03. The van der Waals surface area contributed by atoms with Crippen molar-refractivity contribution >= 4 is 22.9 Å². The smallest absolute Gasteiger partial charge is 0.295 e. The molecule has 1 N–H and O–H groups in total. The highest BCUT2D eigenvalue weighted by Gasteiger charge is 2.39. The summed E-state index contributed by atoms with van der Waals surface area (Å²) in [6, 6.07) is 0.00197. The van der Waals surface area contributed by atoms with E-state index >= 15 is 0 Å². The number of amides is 1. The SMILES string of the molecule is CCn1c(C(F)F)nc2c(N[C@H]3CCN(C(=O)[C@H]4C[C@@H](OC)C4)C3)ncnc21. The van der Waals surface area contributed by atoms with E-state index in [0.29, 0.717) is 36.6 Å². The number of hydrogen-bond acceptors (Lipinski definition) is 6. The number of anilines is 1. The second-order valence-electron chi connectivity index (χ2n) is 7.35. The zero-order valence-corrected chi connectivity index (χ0v) is 15.9. The molecule has 0 aromatic carbocycles. The minimum atomic E-state index is -2.68. The first kappa shape index (κ1) is 19.0. The number of ether oxygens (including phenoxy) is 1. The third-order valence-corrected chi connectivity index (χ3v) is 5.69. The fraction of sp³-hybridized carbons (Fsp3) is 0.667. The van der Waals surface area contributed by atoms with Crippen LogP contribution in [0.5, 0.6) is 0 Å². The number of halogens is 2. The molecule has 0 unspecified atom stereocenters. The Morgan fingerprint density at radius 2 is 2.18 bits per heavy atom. The maximum atomic E-state index is 13.3. The first-order valence-corrected chi connectivity index (χ1v) is 9.59. The van der Waals surface area contributed by atoms with E-state index in [0.717, 1.165) is 19.3 Å². The van der Waals surface area contributed by atoms with Crippen LogP contribution in [0.3, 0.4) is 0 Å². The molecule has 1 saturated carbocycles. The van der Waals surface area contributed by atoms with E-state index in [1.54, 1.807) is 14.0 Å². The van der Waals surface area contributed by atoms with Gasteiger partial charge in [-0.15, -0.1) is 0 Å². The fourth-order valence-electron chi connectivity index (χ4n) is 4.03. The number of nitrogens with zero attached hydrogens (tertiary/aromatic N) is 5. The zero-order chi connectivity index (χ0) is 19.8. The topological polar surface area (TPSA) is 85.2 Å². The first-order valence-electron chi connectivity index (χ1n) is 9.59. The Bertz CT molecular complexity index is 867. The lowest BCUT2D eigenvalue weighted by molar-refractivity contribution is -0.142. The van der Waals surface area contributed by atoms with Crippen LogP contribution in [-0.4, -0.2) is 62.7 Å². The van der Waals surface area contributed by atoms with Crippen LogP contribution in [-0.2, 0) is 16.1 Å². The van der Waals surface area contributed by atoms with Crippen molar-refractivity contribution in [3.05, 3.63) is 12.2 Å². The van der Waals surface area contributed by atoms with Crippen LogP contribution in [0, 0.1) is 5.92 Å². The highest BCUT2D eigenvalue weighted by atomic mass is 19.3. The van der Waals surface area contributed by atoms with Crippen LogP contribution in [0.15, 0.2) is 6.33 Å². The standard InChI is InChI=1S/C18H24F2N6O2/c1-3-26-16-13(24-17(26)14(19)20)15(21-9-22-16)23-11-4-5-25(8-11)18(27)10-6-12(7-10)28-2/h9-12,14H,3-8H2,1-2H3,(H,21,22,23)/t10-,11-,12+/m0/s1. The number of imidazole rings is 1. The van der Waals surface area contributed by atoms with Crippen molar-refractivity contribution in [2.75, 3.05) is 25.5 Å². The molecule has 2 aromatic heterocycles. The monoisotopic (exact) mass is 394 g/mol. The Labute approximate surface area is 161 Å². The second-order valence-corrected chi connectivity index (χ2v) is 7.35. The van der Waals surface area contributed by atoms with Crippen molar-refractivity contribution in [1.29, 1.82) is 0 Å². The molecule has 2 aliphatic rings. The number of rotatable bonds is 6. The van der Waals surface area contributed by atoms with Gasteiger partial charge >= 0.3 is 0 Å². The summed E-state index contributed by atoms with van der Waals surface area (Å²) >= 11 is 0. The maximum absolute atomic E-state index is 13.3. The second kappa shape index (κ2) is 7.57. The summed E-state index contributed by atoms with van der Waals surface area (Å²) in [5.41, 5.74) is 0.729. The molecule has 10 heteroatoms. The van der Waals surface area contributed by atoms with Crippen LogP contribution >= 0.6 is 0 Å². The van der Waals surface area contributed by atoms with E-state index in [1.165, 1.54) is 10.9 Å². The highest BCUT2D eigenvalue weighted by molar-refractivity contribution is 5.84. The van der Waals surface area contributed by atoms with Crippen LogP contribution in [0.25, 0.3) is 11.2 Å². The molecule has 8 nitrogen and oxygen atoms in total. The maximum Gasteiger partial charge on any atom is 0.295 e. The van der Waals surface area contributed by atoms with E-state index in [1.807, 2.05) is 4.90 Å². The molecule has 1 amide bonds. The molecule has 1 saturated heterocycles. The van der Waals surface area contributed by atoms with Gasteiger partial charge < -0.3 is 19.5 Å². The van der Waals surface area contributed by atoms with Crippen molar-refractivity contribution in [1.82, 2.24) is 24.4 Å². The summed E-state index contributed by atoms with van der Waals surface area (Å²) in [5, 5.41) is 3.28. The molecule has 1 aliphatic carbocycles. The molecule has 4 rings (SSSR count). The molecule has 0 radical (unpaired) electrons. The zero-order valence-electron chi connectivity index (χ0n) is 15.9. The van der Waals surface area contributed by atoms with Crippen LogP contribution in [0.4, 0.5) is 14.6 Å². The van der Waals surface area contributed by atoms with Crippen molar-refractivity contribution in [2.24, 2.45) is 5.92 Å². The molecule has 1 aliphatic heterocycles. The van der Waals surface area contributed by atoms with Gasteiger partial charge in [0.1, 0.15) is 6.33 Å². The molecule has 152 valence electrons. The summed E-state index contributed by atoms with van der Waals surface area (Å²) in [7, 11) is 1.67. The Hall–Kier alpha value is -2.36. The predicted molar refractivity (Wildman–Crippen MR) is 98.1 cm³/mol. The summed E-state index contributed by atoms with van der Waals surface area (Å²) in [4.78, 5) is 26.9. The number of nitrogens with one attached hydrogen (secondary N) is 1. The van der Waals surface area contributed by atoms with Gasteiger partial charge in [-0.2, -0.15) is 0 Å². The first-order chi connectivity index (χ1) is 13.5. The van der Waals surface area contributed by atoms with Crippen molar-refractivity contribution in [3.63, 3.8) is 0 Å². The number of aryl methyl sites for hydroxylation is 1. The Balaban J connectivity index is 1.46. The molecule has 28 heavy (non-hydrogen) atoms. The van der Waals surface area contributed by atoms with Gasteiger partial charge in [0.2, 0.25) is 5.91 Å². The van der Waals surface area contributed by atoms with Gasteiger partial charge in [0, 0.05) is 38.7 Å². The summed E-state index contributed by atoms with van der Waals surface area (Å²) in [6.07, 6.45) is 1.19. The van der Waals surface area contributed by atoms with Crippen molar-refractivity contribution in [3.8, 4) is 0 Å². The van der Waals surface area contributed by atoms with Crippen LogP contribution in [0.1, 0.15) is 38.4 Å². The Morgan fingerprint density at radius 3 is 2.86 bits per heavy atom. The minimum Gasteiger partial charge on any atom is -0.381 e. The van der Waals surface area contributed by atoms with E-state index in [9.17, 15) is 13.6 Å². The van der Waals surface area contributed by atoms with E-state index in [2.05, 4.69) is 20.3 Å². The number of alkyl halides is 2. The lowest BCUT2D eigenvalue weighted by atomic mass is 9.81. The van der Waals surface area contributed by atoms with E-state index in [-0.39, 0.29) is 29.8 Å². The molecule has 0 bridgehead atoms. The third-order valence-electron chi connectivity index (χ3n) is 5.69. The molecule has 2 aromatic rings. The molecule has 3 heterocycles. The number of fused-ring (bicyclic) bond motifs is 1. The number of carbonyl (C=O) groups is 1. The average molecular weight is 394 g/mol. The lowest BCUT2D eigenvalue weighted by Gasteiger charge is -2.35. The van der Waals surface area contributed by atoms with Gasteiger partial charge in [-0.25, -0.2) is 23.7 Å². The van der Waals surface area contributed by atoms with Gasteiger partial charge in [0.25, 0.3) is 6.43 Å². The van der Waals surface area contributed by atoms with Crippen LogP contribution < -0.4 is 5.32 Å². The number of likely N-dealkylation sites (tertiary alicyclic amines) is 1. The van der Waals surface area contributed by atoms with Gasteiger partial charge in [-0.1, -0.05) is 0 Å². The molecule has 0 spiro atoms. The summed E-state index contributed by atoms with van der Waals surface area (Å²) in [5.74, 6) is 0.340. The molecule has 1 atom stereocenters. The van der Waals surface area contributed by atoms with E-state index in [4.69, 9.17) is 4.74 Å². The van der Waals surface area contributed by atoms with E-state index < -0.39 is 6.43 Å². The minimum absolute atomic E-state index is 0.00197. The van der Waals surface area contributed by atoms with Crippen LogP contribution in [0.2, 0.25) is 0 Å². The molecule has 2 fully saturated rings. The number of aromatic nitrogens is 4.